The van der Waals surface area contributed by atoms with Gasteiger partial charge in [-0.25, -0.2) is 0 Å². The Morgan fingerprint density at radius 2 is 1.75 bits per heavy atom. The van der Waals surface area contributed by atoms with Crippen LogP contribution in [0.2, 0.25) is 0 Å². The van der Waals surface area contributed by atoms with Crippen molar-refractivity contribution in [3.05, 3.63) is 59.7 Å². The zero-order valence-corrected chi connectivity index (χ0v) is 13.9. The first-order valence-electron chi connectivity index (χ1n) is 6.90. The summed E-state index contributed by atoms with van der Waals surface area (Å²) in [6, 6.07) is 10.6. The Balaban J connectivity index is 2.31. The number of methoxy groups -OCH3 is 1. The third kappa shape index (κ3) is 4.36. The normalized spacial score (nSPS) is 11.4. The number of hydrogen-bond donors (Lipinski definition) is 0. The summed E-state index contributed by atoms with van der Waals surface area (Å²) in [6.45, 7) is 1.85. The molecule has 7 heteroatoms. The molecule has 0 spiro atoms. The minimum Gasteiger partial charge on any atom is -0.545 e. The number of ether oxygens (including phenoxy) is 1. The van der Waals surface area contributed by atoms with E-state index in [1.165, 1.54) is 43.5 Å². The molecule has 126 valence electrons. The highest BCUT2D eigenvalue weighted by atomic mass is 32.2. The highest BCUT2D eigenvalue weighted by Gasteiger charge is 2.19. The van der Waals surface area contributed by atoms with E-state index in [4.69, 9.17) is 8.92 Å². The van der Waals surface area contributed by atoms with Crippen LogP contribution in [0.3, 0.4) is 0 Å². The van der Waals surface area contributed by atoms with E-state index in [2.05, 4.69) is 0 Å². The van der Waals surface area contributed by atoms with Crippen LogP contribution in [-0.4, -0.2) is 21.5 Å². The van der Waals surface area contributed by atoms with Crippen molar-refractivity contribution in [3.8, 4) is 11.5 Å². The predicted molar refractivity (Wildman–Crippen MR) is 86.0 cm³/mol. The molecule has 0 atom stereocenters. The number of rotatable bonds is 6. The summed E-state index contributed by atoms with van der Waals surface area (Å²) in [5.41, 5.74) is 1.42. The monoisotopic (exact) mass is 347 g/mol. The van der Waals surface area contributed by atoms with Crippen molar-refractivity contribution in [1.82, 2.24) is 0 Å². The van der Waals surface area contributed by atoms with E-state index in [1.807, 2.05) is 6.92 Å². The van der Waals surface area contributed by atoms with Gasteiger partial charge in [-0.2, -0.15) is 8.42 Å². The Kier molecular flexibility index (Phi) is 5.25. The minimum atomic E-state index is -4.00. The maximum atomic E-state index is 12.3. The van der Waals surface area contributed by atoms with Crippen LogP contribution < -0.4 is 14.0 Å². The third-order valence-electron chi connectivity index (χ3n) is 3.11. The molecule has 0 aliphatic carbocycles. The average molecular weight is 347 g/mol. The summed E-state index contributed by atoms with van der Waals surface area (Å²) in [7, 11) is -2.65. The Morgan fingerprint density at radius 3 is 2.33 bits per heavy atom. The first-order valence-corrected chi connectivity index (χ1v) is 8.31. The second kappa shape index (κ2) is 7.18. The van der Waals surface area contributed by atoms with Crippen molar-refractivity contribution in [3.63, 3.8) is 0 Å². The van der Waals surface area contributed by atoms with E-state index in [-0.39, 0.29) is 16.4 Å². The van der Waals surface area contributed by atoms with Crippen LogP contribution in [0.1, 0.15) is 11.1 Å². The molecule has 0 saturated heterocycles. The molecule has 0 aliphatic rings. The van der Waals surface area contributed by atoms with Crippen LogP contribution in [-0.2, 0) is 14.9 Å². The maximum absolute atomic E-state index is 12.3. The molecule has 0 N–H and O–H groups in total. The number of carboxylic acids is 1. The zero-order valence-electron chi connectivity index (χ0n) is 13.1. The Labute approximate surface area is 140 Å². The lowest BCUT2D eigenvalue weighted by atomic mass is 10.2. The van der Waals surface area contributed by atoms with Crippen LogP contribution in [0.4, 0.5) is 0 Å². The van der Waals surface area contributed by atoms with E-state index in [0.29, 0.717) is 5.56 Å². The fraction of sp³-hybridized carbons (Fsp3) is 0.118. The minimum absolute atomic E-state index is 0.00340. The van der Waals surface area contributed by atoms with Crippen LogP contribution in [0.15, 0.2) is 53.4 Å². The van der Waals surface area contributed by atoms with Crippen LogP contribution in [0.25, 0.3) is 6.08 Å². The van der Waals surface area contributed by atoms with Gasteiger partial charge in [0, 0.05) is 0 Å². The van der Waals surface area contributed by atoms with Gasteiger partial charge in [0.25, 0.3) is 0 Å². The Morgan fingerprint density at radius 1 is 1.08 bits per heavy atom. The number of carbonyl (C=O) groups excluding carboxylic acids is 1. The highest BCUT2D eigenvalue weighted by Crippen LogP contribution is 2.31. The van der Waals surface area contributed by atoms with Crippen LogP contribution in [0, 0.1) is 6.92 Å². The molecule has 0 bridgehead atoms. The van der Waals surface area contributed by atoms with Gasteiger partial charge in [-0.15, -0.1) is 0 Å². The van der Waals surface area contributed by atoms with Gasteiger partial charge < -0.3 is 18.8 Å². The summed E-state index contributed by atoms with van der Waals surface area (Å²) in [5, 5.41) is 10.4. The fourth-order valence-electron chi connectivity index (χ4n) is 1.89. The zero-order chi connectivity index (χ0) is 17.7. The Hall–Kier alpha value is -2.80. The van der Waals surface area contributed by atoms with Gasteiger partial charge in [-0.05, 0) is 42.8 Å². The number of aryl methyl sites for hydroxylation is 1. The predicted octanol–water partition coefficient (Wildman–Crippen LogP) is 1.53. The molecule has 0 aliphatic heterocycles. The lowest BCUT2D eigenvalue weighted by Gasteiger charge is -2.11. The molecule has 24 heavy (non-hydrogen) atoms. The molecular weight excluding hydrogens is 332 g/mol. The van der Waals surface area contributed by atoms with Crippen molar-refractivity contribution < 1.29 is 27.2 Å². The van der Waals surface area contributed by atoms with Gasteiger partial charge >= 0.3 is 10.1 Å². The van der Waals surface area contributed by atoms with Gasteiger partial charge in [0.05, 0.1) is 13.1 Å². The summed E-state index contributed by atoms with van der Waals surface area (Å²) in [5.74, 6) is -1.17. The SMILES string of the molecule is COc1cc(/C=C/C(=O)[O-])ccc1OS(=O)(=O)c1ccc(C)cc1. The standard InChI is InChI=1S/C17H16O6S/c1-12-3-7-14(8-4-12)24(20,21)23-15-9-5-13(6-10-17(18)19)11-16(15)22-2/h3-11H,1-2H3,(H,18,19)/p-1/b10-6+. The van der Waals surface area contributed by atoms with Crippen molar-refractivity contribution in [2.45, 2.75) is 11.8 Å². The molecule has 0 unspecified atom stereocenters. The van der Waals surface area contributed by atoms with E-state index >= 15 is 0 Å². The van der Waals surface area contributed by atoms with Gasteiger partial charge in [0.2, 0.25) is 0 Å². The third-order valence-corrected chi connectivity index (χ3v) is 4.36. The topological polar surface area (TPSA) is 92.7 Å². The molecular formula is C17H15O6S-. The summed E-state index contributed by atoms with van der Waals surface area (Å²) < 4.78 is 34.8. The lowest BCUT2D eigenvalue weighted by molar-refractivity contribution is -0.297. The van der Waals surface area contributed by atoms with Gasteiger partial charge in [0.15, 0.2) is 11.5 Å². The van der Waals surface area contributed by atoms with Crippen molar-refractivity contribution in [1.29, 1.82) is 0 Å². The molecule has 0 amide bonds. The van der Waals surface area contributed by atoms with Crippen LogP contribution in [0.5, 0.6) is 11.5 Å². The largest absolute Gasteiger partial charge is 0.545 e. The first kappa shape index (κ1) is 17.6. The van der Waals surface area contributed by atoms with E-state index in [1.54, 1.807) is 12.1 Å². The molecule has 2 aromatic rings. The molecule has 0 radical (unpaired) electrons. The lowest BCUT2D eigenvalue weighted by Crippen LogP contribution is -2.18. The highest BCUT2D eigenvalue weighted by molar-refractivity contribution is 7.87. The molecule has 2 aromatic carbocycles. The Bertz CT molecular complexity index is 866. The second-order valence-corrected chi connectivity index (χ2v) is 6.46. The number of hydrogen-bond acceptors (Lipinski definition) is 6. The molecule has 2 rings (SSSR count). The van der Waals surface area contributed by atoms with Crippen molar-refractivity contribution in [2.24, 2.45) is 0 Å². The molecule has 0 saturated carbocycles. The molecule has 6 nitrogen and oxygen atoms in total. The van der Waals surface area contributed by atoms with E-state index in [9.17, 15) is 18.3 Å². The summed E-state index contributed by atoms with van der Waals surface area (Å²) in [4.78, 5) is 10.5. The van der Waals surface area contributed by atoms with Crippen molar-refractivity contribution >= 4 is 22.2 Å². The number of aliphatic carboxylic acids is 1. The van der Waals surface area contributed by atoms with Gasteiger partial charge in [-0.3, -0.25) is 0 Å². The maximum Gasteiger partial charge on any atom is 0.339 e. The van der Waals surface area contributed by atoms with Gasteiger partial charge in [-0.1, -0.05) is 29.8 Å². The second-order valence-electron chi connectivity index (χ2n) is 4.91. The molecule has 0 heterocycles. The molecule has 0 fully saturated rings. The summed E-state index contributed by atoms with van der Waals surface area (Å²) in [6.07, 6.45) is 2.16. The average Bonchev–Trinajstić information content (AvgIpc) is 2.54. The fourth-order valence-corrected chi connectivity index (χ4v) is 2.83. The smallest absolute Gasteiger partial charge is 0.339 e. The van der Waals surface area contributed by atoms with Crippen molar-refractivity contribution in [2.75, 3.05) is 7.11 Å². The summed E-state index contributed by atoms with van der Waals surface area (Å²) >= 11 is 0. The number of carbonyl (C=O) groups is 1. The van der Waals surface area contributed by atoms with E-state index in [0.717, 1.165) is 11.6 Å². The van der Waals surface area contributed by atoms with Gasteiger partial charge in [0.1, 0.15) is 4.90 Å². The first-order chi connectivity index (χ1) is 11.3. The van der Waals surface area contributed by atoms with Crippen LogP contribution >= 0.6 is 0 Å². The van der Waals surface area contributed by atoms with E-state index < -0.39 is 16.1 Å². The number of benzene rings is 2. The number of carboxylic acid groups (broad SMARTS) is 1. The quantitative estimate of drug-likeness (QED) is 0.581. The molecule has 0 aromatic heterocycles.